The number of aromatic nitrogens is 1. The molecule has 1 amide bonds. The third kappa shape index (κ3) is 4.18. The van der Waals surface area contributed by atoms with Crippen LogP contribution in [-0.2, 0) is 11.3 Å². The summed E-state index contributed by atoms with van der Waals surface area (Å²) in [5, 5.41) is 4.85. The normalized spacial score (nSPS) is 11.5. The van der Waals surface area contributed by atoms with E-state index >= 15 is 0 Å². The summed E-state index contributed by atoms with van der Waals surface area (Å²) in [6.45, 7) is -0.203. The minimum absolute atomic E-state index is 0.203. The molecule has 2 aromatic heterocycles. The van der Waals surface area contributed by atoms with Crippen LogP contribution in [0.4, 0.5) is 18.9 Å². The fraction of sp³-hybridized carbons (Fsp3) is 0.125. The molecule has 2 heterocycles. The monoisotopic (exact) mass is 368 g/mol. The minimum atomic E-state index is -4.77. The van der Waals surface area contributed by atoms with Gasteiger partial charge in [0.05, 0.1) is 5.39 Å². The molecule has 3 rings (SSSR count). The van der Waals surface area contributed by atoms with E-state index in [0.29, 0.717) is 11.1 Å². The van der Waals surface area contributed by atoms with E-state index in [1.54, 1.807) is 17.5 Å². The van der Waals surface area contributed by atoms with Crippen LogP contribution in [0.5, 0.6) is 5.75 Å². The van der Waals surface area contributed by atoms with Gasteiger partial charge in [0.25, 0.3) is 5.56 Å². The van der Waals surface area contributed by atoms with Gasteiger partial charge < -0.3 is 14.6 Å². The number of ether oxygens (including phenoxy) is 1. The summed E-state index contributed by atoms with van der Waals surface area (Å²) in [5.74, 6) is -0.856. The van der Waals surface area contributed by atoms with E-state index in [0.717, 1.165) is 16.8 Å². The van der Waals surface area contributed by atoms with Gasteiger partial charge in [0, 0.05) is 16.6 Å². The zero-order valence-corrected chi connectivity index (χ0v) is 13.4. The first kappa shape index (κ1) is 17.0. The second kappa shape index (κ2) is 6.60. The number of amides is 1. The van der Waals surface area contributed by atoms with Crippen LogP contribution >= 0.6 is 11.3 Å². The topological polar surface area (TPSA) is 60.3 Å². The van der Waals surface area contributed by atoms with E-state index in [-0.39, 0.29) is 17.9 Å². The molecule has 0 spiro atoms. The highest BCUT2D eigenvalue weighted by Crippen LogP contribution is 2.24. The van der Waals surface area contributed by atoms with Crippen molar-refractivity contribution in [2.75, 3.05) is 5.32 Å². The van der Waals surface area contributed by atoms with Crippen molar-refractivity contribution in [2.45, 2.75) is 12.9 Å². The number of halogens is 3. The number of nitrogens with zero attached hydrogens (tertiary/aromatic N) is 1. The Morgan fingerprint density at radius 2 is 1.88 bits per heavy atom. The lowest BCUT2D eigenvalue weighted by molar-refractivity contribution is -0.274. The molecule has 0 bridgehead atoms. The predicted octanol–water partition coefficient (Wildman–Crippen LogP) is 3.60. The number of pyridine rings is 1. The standard InChI is InChI=1S/C16H11F3N2O3S/c17-16(18,19)24-11-3-1-10(2-4-11)20-14(22)9-21-7-5-13-12(15(21)23)6-8-25-13/h1-8H,9H2,(H,20,22). The largest absolute Gasteiger partial charge is 0.573 e. The van der Waals surface area contributed by atoms with Gasteiger partial charge in [0.15, 0.2) is 0 Å². The molecular formula is C16H11F3N2O3S. The van der Waals surface area contributed by atoms with E-state index in [4.69, 9.17) is 0 Å². The Morgan fingerprint density at radius 3 is 2.56 bits per heavy atom. The van der Waals surface area contributed by atoms with Gasteiger partial charge in [-0.15, -0.1) is 24.5 Å². The molecule has 0 aliphatic rings. The summed E-state index contributed by atoms with van der Waals surface area (Å²) in [5.41, 5.74) is 0.0204. The van der Waals surface area contributed by atoms with Gasteiger partial charge in [-0.3, -0.25) is 9.59 Å². The predicted molar refractivity (Wildman–Crippen MR) is 87.8 cm³/mol. The summed E-state index contributed by atoms with van der Waals surface area (Å²) < 4.78 is 42.1. The molecule has 3 aromatic rings. The summed E-state index contributed by atoms with van der Waals surface area (Å²) in [6, 6.07) is 8.18. The second-order valence-electron chi connectivity index (χ2n) is 5.07. The minimum Gasteiger partial charge on any atom is -0.406 e. The van der Waals surface area contributed by atoms with Gasteiger partial charge in [-0.1, -0.05) is 0 Å². The molecule has 0 fully saturated rings. The number of nitrogens with one attached hydrogen (secondary N) is 1. The van der Waals surface area contributed by atoms with Gasteiger partial charge in [-0.05, 0) is 41.8 Å². The van der Waals surface area contributed by atoms with Crippen LogP contribution in [-0.4, -0.2) is 16.8 Å². The SMILES string of the molecule is O=C(Cn1ccc2sccc2c1=O)Nc1ccc(OC(F)(F)F)cc1. The third-order valence-electron chi connectivity index (χ3n) is 3.28. The molecule has 0 saturated heterocycles. The van der Waals surface area contributed by atoms with Crippen LogP contribution in [0.1, 0.15) is 0 Å². The number of fused-ring (bicyclic) bond motifs is 1. The molecule has 0 atom stereocenters. The number of hydrogen-bond donors (Lipinski definition) is 1. The summed E-state index contributed by atoms with van der Waals surface area (Å²) in [4.78, 5) is 24.3. The maximum atomic E-state index is 12.2. The number of benzene rings is 1. The number of rotatable bonds is 4. The highest BCUT2D eigenvalue weighted by Gasteiger charge is 2.30. The van der Waals surface area contributed by atoms with Gasteiger partial charge in [0.2, 0.25) is 5.91 Å². The van der Waals surface area contributed by atoms with E-state index in [1.807, 2.05) is 0 Å². The van der Waals surface area contributed by atoms with E-state index in [9.17, 15) is 22.8 Å². The van der Waals surface area contributed by atoms with Gasteiger partial charge in [-0.2, -0.15) is 0 Å². The quantitative estimate of drug-likeness (QED) is 0.766. The van der Waals surface area contributed by atoms with Crippen molar-refractivity contribution in [3.05, 3.63) is 58.3 Å². The molecule has 0 aliphatic heterocycles. The lowest BCUT2D eigenvalue weighted by Gasteiger charge is -2.10. The summed E-state index contributed by atoms with van der Waals surface area (Å²) >= 11 is 1.43. The van der Waals surface area contributed by atoms with Crippen molar-refractivity contribution in [2.24, 2.45) is 0 Å². The Morgan fingerprint density at radius 1 is 1.16 bits per heavy atom. The number of alkyl halides is 3. The zero-order valence-electron chi connectivity index (χ0n) is 12.5. The lowest BCUT2D eigenvalue weighted by Crippen LogP contribution is -2.27. The van der Waals surface area contributed by atoms with Gasteiger partial charge in [-0.25, -0.2) is 0 Å². The highest BCUT2D eigenvalue weighted by molar-refractivity contribution is 7.17. The average Bonchev–Trinajstić information content (AvgIpc) is 3.00. The average molecular weight is 368 g/mol. The van der Waals surface area contributed by atoms with E-state index < -0.39 is 12.3 Å². The third-order valence-corrected chi connectivity index (χ3v) is 4.16. The molecule has 25 heavy (non-hydrogen) atoms. The maximum absolute atomic E-state index is 12.2. The number of hydrogen-bond acceptors (Lipinski definition) is 4. The molecule has 0 aliphatic carbocycles. The number of anilines is 1. The first-order valence-corrected chi connectivity index (χ1v) is 7.92. The number of thiophene rings is 1. The Kier molecular flexibility index (Phi) is 4.49. The van der Waals surface area contributed by atoms with Crippen LogP contribution in [0.15, 0.2) is 52.8 Å². The molecule has 130 valence electrons. The van der Waals surface area contributed by atoms with Crippen LogP contribution < -0.4 is 15.6 Å². The molecule has 0 unspecified atom stereocenters. The van der Waals surface area contributed by atoms with Gasteiger partial charge in [0.1, 0.15) is 12.3 Å². The first-order valence-electron chi connectivity index (χ1n) is 7.04. The molecule has 1 aromatic carbocycles. The van der Waals surface area contributed by atoms with Crippen LogP contribution in [0, 0.1) is 0 Å². The van der Waals surface area contributed by atoms with Crippen molar-refractivity contribution >= 4 is 33.0 Å². The van der Waals surface area contributed by atoms with Crippen LogP contribution in [0.3, 0.4) is 0 Å². The number of carbonyl (C=O) groups excluding carboxylic acids is 1. The highest BCUT2D eigenvalue weighted by atomic mass is 32.1. The summed E-state index contributed by atoms with van der Waals surface area (Å²) in [7, 11) is 0. The fourth-order valence-electron chi connectivity index (χ4n) is 2.23. The molecule has 0 saturated carbocycles. The van der Waals surface area contributed by atoms with Crippen molar-refractivity contribution in [3.63, 3.8) is 0 Å². The molecular weight excluding hydrogens is 357 g/mol. The van der Waals surface area contributed by atoms with Crippen molar-refractivity contribution in [1.82, 2.24) is 4.57 Å². The van der Waals surface area contributed by atoms with Crippen molar-refractivity contribution < 1.29 is 22.7 Å². The summed E-state index contributed by atoms with van der Waals surface area (Å²) in [6.07, 6.45) is -3.24. The Balaban J connectivity index is 1.67. The Hall–Kier alpha value is -2.81. The van der Waals surface area contributed by atoms with Gasteiger partial charge >= 0.3 is 6.36 Å². The molecule has 0 radical (unpaired) electrons. The van der Waals surface area contributed by atoms with E-state index in [1.165, 1.54) is 34.2 Å². The molecule has 5 nitrogen and oxygen atoms in total. The van der Waals surface area contributed by atoms with Crippen LogP contribution in [0.2, 0.25) is 0 Å². The Labute approximate surface area is 143 Å². The first-order chi connectivity index (χ1) is 11.8. The molecule has 1 N–H and O–H groups in total. The zero-order chi connectivity index (χ0) is 18.0. The maximum Gasteiger partial charge on any atom is 0.573 e. The Bertz CT molecular complexity index is 961. The number of carbonyl (C=O) groups is 1. The smallest absolute Gasteiger partial charge is 0.406 e. The van der Waals surface area contributed by atoms with Crippen molar-refractivity contribution in [1.29, 1.82) is 0 Å². The lowest BCUT2D eigenvalue weighted by atomic mass is 10.3. The molecule has 9 heteroatoms. The second-order valence-corrected chi connectivity index (χ2v) is 6.02. The van der Waals surface area contributed by atoms with Crippen molar-refractivity contribution in [3.8, 4) is 5.75 Å². The van der Waals surface area contributed by atoms with E-state index in [2.05, 4.69) is 10.1 Å². The fourth-order valence-corrected chi connectivity index (χ4v) is 3.00. The van der Waals surface area contributed by atoms with Crippen LogP contribution in [0.25, 0.3) is 10.1 Å².